The van der Waals surface area contributed by atoms with Crippen molar-refractivity contribution in [2.75, 3.05) is 27.9 Å². The molecule has 0 saturated heterocycles. The Bertz CT molecular complexity index is 1230. The SMILES string of the molecule is COc1ccc(-n2c(C)cc(/C=N/NC(=O)CC(=O)NCCc3ccc(OC)c(OC)c3)c2C)cc1. The predicted octanol–water partition coefficient (Wildman–Crippen LogP) is 3.32. The van der Waals surface area contributed by atoms with Crippen LogP contribution in [-0.2, 0) is 16.0 Å². The van der Waals surface area contributed by atoms with E-state index in [2.05, 4.69) is 20.4 Å². The molecular formula is C27H32N4O5. The molecule has 0 saturated carbocycles. The maximum atomic E-state index is 12.1. The number of aromatic nitrogens is 1. The average Bonchev–Trinajstić information content (AvgIpc) is 3.16. The summed E-state index contributed by atoms with van der Waals surface area (Å²) in [7, 11) is 4.78. The van der Waals surface area contributed by atoms with Crippen molar-refractivity contribution in [2.45, 2.75) is 26.7 Å². The third kappa shape index (κ3) is 6.65. The molecule has 0 aliphatic heterocycles. The summed E-state index contributed by atoms with van der Waals surface area (Å²) >= 11 is 0. The fourth-order valence-electron chi connectivity index (χ4n) is 3.85. The van der Waals surface area contributed by atoms with Crippen LogP contribution in [0.2, 0.25) is 0 Å². The van der Waals surface area contributed by atoms with Gasteiger partial charge < -0.3 is 24.1 Å². The van der Waals surface area contributed by atoms with E-state index in [1.807, 2.05) is 62.4 Å². The zero-order valence-corrected chi connectivity index (χ0v) is 21.3. The van der Waals surface area contributed by atoms with E-state index in [0.717, 1.165) is 34.0 Å². The summed E-state index contributed by atoms with van der Waals surface area (Å²) in [6, 6.07) is 15.3. The van der Waals surface area contributed by atoms with Crippen molar-refractivity contribution in [1.82, 2.24) is 15.3 Å². The van der Waals surface area contributed by atoms with Crippen LogP contribution in [0.15, 0.2) is 53.6 Å². The molecule has 2 amide bonds. The molecule has 3 aromatic rings. The number of amides is 2. The number of methoxy groups -OCH3 is 3. The fourth-order valence-corrected chi connectivity index (χ4v) is 3.85. The van der Waals surface area contributed by atoms with Crippen molar-refractivity contribution in [2.24, 2.45) is 5.10 Å². The third-order valence-corrected chi connectivity index (χ3v) is 5.70. The van der Waals surface area contributed by atoms with Crippen molar-refractivity contribution in [3.63, 3.8) is 0 Å². The quantitative estimate of drug-likeness (QED) is 0.243. The Morgan fingerprint density at radius 2 is 1.64 bits per heavy atom. The number of nitrogens with zero attached hydrogens (tertiary/aromatic N) is 2. The molecule has 0 aliphatic rings. The number of rotatable bonds is 11. The zero-order valence-electron chi connectivity index (χ0n) is 21.3. The molecule has 190 valence electrons. The van der Waals surface area contributed by atoms with Crippen LogP contribution in [0.5, 0.6) is 17.2 Å². The second-order valence-electron chi connectivity index (χ2n) is 8.12. The van der Waals surface area contributed by atoms with Gasteiger partial charge in [-0.1, -0.05) is 6.07 Å². The second-order valence-corrected chi connectivity index (χ2v) is 8.12. The first-order chi connectivity index (χ1) is 17.4. The van der Waals surface area contributed by atoms with Crippen molar-refractivity contribution >= 4 is 18.0 Å². The first kappa shape index (κ1) is 26.3. The van der Waals surface area contributed by atoms with Gasteiger partial charge in [0.1, 0.15) is 12.2 Å². The van der Waals surface area contributed by atoms with Crippen LogP contribution < -0.4 is 25.0 Å². The minimum Gasteiger partial charge on any atom is -0.497 e. The lowest BCUT2D eigenvalue weighted by atomic mass is 10.1. The van der Waals surface area contributed by atoms with Crippen LogP contribution in [0.1, 0.15) is 28.9 Å². The summed E-state index contributed by atoms with van der Waals surface area (Å²) in [4.78, 5) is 24.3. The lowest BCUT2D eigenvalue weighted by Crippen LogP contribution is -2.31. The average molecular weight is 493 g/mol. The molecule has 0 aliphatic carbocycles. The number of hydrogen-bond acceptors (Lipinski definition) is 6. The first-order valence-corrected chi connectivity index (χ1v) is 11.5. The van der Waals surface area contributed by atoms with E-state index in [0.29, 0.717) is 24.5 Å². The normalized spacial score (nSPS) is 10.8. The standard InChI is InChI=1S/C27H32N4O5/c1-18-14-21(19(2)31(18)22-7-9-23(34-3)10-8-22)17-29-30-27(33)16-26(32)28-13-12-20-6-11-24(35-4)25(15-20)36-5/h6-11,14-15,17H,12-13,16H2,1-5H3,(H,28,32)(H,30,33)/b29-17+. The Balaban J connectivity index is 1.48. The van der Waals surface area contributed by atoms with Gasteiger partial charge in [-0.25, -0.2) is 5.43 Å². The largest absolute Gasteiger partial charge is 0.497 e. The summed E-state index contributed by atoms with van der Waals surface area (Å²) in [5.41, 5.74) is 7.27. The highest BCUT2D eigenvalue weighted by atomic mass is 16.5. The fraction of sp³-hybridized carbons (Fsp3) is 0.296. The summed E-state index contributed by atoms with van der Waals surface area (Å²) in [5.74, 6) is 1.20. The van der Waals surface area contributed by atoms with E-state index in [1.165, 1.54) is 0 Å². The van der Waals surface area contributed by atoms with Crippen molar-refractivity contribution in [3.05, 3.63) is 71.0 Å². The smallest absolute Gasteiger partial charge is 0.249 e. The summed E-state index contributed by atoms with van der Waals surface area (Å²) in [6.45, 7) is 4.37. The van der Waals surface area contributed by atoms with Crippen molar-refractivity contribution in [3.8, 4) is 22.9 Å². The van der Waals surface area contributed by atoms with E-state index in [1.54, 1.807) is 27.5 Å². The van der Waals surface area contributed by atoms with E-state index in [9.17, 15) is 9.59 Å². The molecule has 0 atom stereocenters. The van der Waals surface area contributed by atoms with E-state index >= 15 is 0 Å². The lowest BCUT2D eigenvalue weighted by Gasteiger charge is -2.10. The number of carbonyl (C=O) groups excluding carboxylic acids is 2. The maximum Gasteiger partial charge on any atom is 0.249 e. The molecule has 0 spiro atoms. The van der Waals surface area contributed by atoms with Gasteiger partial charge in [0.2, 0.25) is 11.8 Å². The van der Waals surface area contributed by atoms with Gasteiger partial charge in [0.15, 0.2) is 11.5 Å². The number of ether oxygens (including phenoxy) is 3. The third-order valence-electron chi connectivity index (χ3n) is 5.70. The van der Waals surface area contributed by atoms with Gasteiger partial charge >= 0.3 is 0 Å². The van der Waals surface area contributed by atoms with E-state index in [4.69, 9.17) is 14.2 Å². The number of nitrogens with one attached hydrogen (secondary N) is 2. The molecule has 0 unspecified atom stereocenters. The number of hydrogen-bond donors (Lipinski definition) is 2. The summed E-state index contributed by atoms with van der Waals surface area (Å²) in [6.07, 6.45) is 1.86. The Morgan fingerprint density at radius 1 is 0.917 bits per heavy atom. The minimum absolute atomic E-state index is 0.311. The van der Waals surface area contributed by atoms with Gasteiger partial charge in [-0.15, -0.1) is 0 Å². The zero-order chi connectivity index (χ0) is 26.1. The second kappa shape index (κ2) is 12.4. The van der Waals surface area contributed by atoms with E-state index < -0.39 is 5.91 Å². The molecule has 0 fully saturated rings. The molecule has 2 aromatic carbocycles. The van der Waals surface area contributed by atoms with Crippen LogP contribution in [-0.4, -0.2) is 50.5 Å². The Hall–Kier alpha value is -4.27. The summed E-state index contributed by atoms with van der Waals surface area (Å²) < 4.78 is 17.8. The molecule has 36 heavy (non-hydrogen) atoms. The lowest BCUT2D eigenvalue weighted by molar-refractivity contribution is -0.129. The van der Waals surface area contributed by atoms with Gasteiger partial charge in [0.25, 0.3) is 0 Å². The van der Waals surface area contributed by atoms with Crippen LogP contribution in [0.25, 0.3) is 5.69 Å². The monoisotopic (exact) mass is 492 g/mol. The van der Waals surface area contributed by atoms with Gasteiger partial charge in [-0.3, -0.25) is 9.59 Å². The molecular weight excluding hydrogens is 460 g/mol. The van der Waals surface area contributed by atoms with Gasteiger partial charge in [0.05, 0.1) is 27.5 Å². The van der Waals surface area contributed by atoms with E-state index in [-0.39, 0.29) is 12.3 Å². The molecule has 1 heterocycles. The molecule has 0 bridgehead atoms. The van der Waals surface area contributed by atoms with Gasteiger partial charge in [-0.2, -0.15) is 5.10 Å². The highest BCUT2D eigenvalue weighted by Gasteiger charge is 2.11. The summed E-state index contributed by atoms with van der Waals surface area (Å²) in [5, 5.41) is 6.78. The Morgan fingerprint density at radius 3 is 2.31 bits per heavy atom. The Kier molecular flexibility index (Phi) is 9.10. The number of aryl methyl sites for hydroxylation is 1. The van der Waals surface area contributed by atoms with Gasteiger partial charge in [0, 0.05) is 29.2 Å². The molecule has 3 rings (SSSR count). The maximum absolute atomic E-state index is 12.1. The highest BCUT2D eigenvalue weighted by Crippen LogP contribution is 2.27. The van der Waals surface area contributed by atoms with Crippen LogP contribution in [0.4, 0.5) is 0 Å². The molecule has 9 nitrogen and oxygen atoms in total. The Labute approximate surface area is 211 Å². The molecule has 0 radical (unpaired) electrons. The van der Waals surface area contributed by atoms with Crippen LogP contribution in [0, 0.1) is 13.8 Å². The van der Waals surface area contributed by atoms with Crippen molar-refractivity contribution in [1.29, 1.82) is 0 Å². The van der Waals surface area contributed by atoms with Gasteiger partial charge in [-0.05, 0) is 68.3 Å². The number of carbonyl (C=O) groups is 2. The van der Waals surface area contributed by atoms with Crippen molar-refractivity contribution < 1.29 is 23.8 Å². The number of hydrazone groups is 1. The predicted molar refractivity (Wildman–Crippen MR) is 138 cm³/mol. The highest BCUT2D eigenvalue weighted by molar-refractivity contribution is 5.97. The minimum atomic E-state index is -0.487. The number of benzene rings is 2. The van der Waals surface area contributed by atoms with Crippen LogP contribution in [0.3, 0.4) is 0 Å². The first-order valence-electron chi connectivity index (χ1n) is 11.5. The molecule has 1 aromatic heterocycles. The topological polar surface area (TPSA) is 103 Å². The molecule has 2 N–H and O–H groups in total. The molecule has 9 heteroatoms. The van der Waals surface area contributed by atoms with Crippen LogP contribution >= 0.6 is 0 Å².